The van der Waals surface area contributed by atoms with Crippen LogP contribution >= 0.6 is 15.9 Å². The molecule has 2 aromatic carbocycles. The van der Waals surface area contributed by atoms with Gasteiger partial charge < -0.3 is 4.57 Å². The minimum atomic E-state index is 0.429. The quantitative estimate of drug-likeness (QED) is 0.634. The Morgan fingerprint density at radius 1 is 0.955 bits per heavy atom. The lowest BCUT2D eigenvalue weighted by atomic mass is 10.1. The summed E-state index contributed by atoms with van der Waals surface area (Å²) in [5, 5.41) is 0. The molecule has 3 aromatic rings. The molecule has 0 N–H and O–H groups in total. The predicted octanol–water partition coefficient (Wildman–Crippen LogP) is 5.21. The summed E-state index contributed by atoms with van der Waals surface area (Å²) >= 11 is 3.66. The highest BCUT2D eigenvalue weighted by molar-refractivity contribution is 9.10. The molecule has 0 atom stereocenters. The number of halogens is 1. The third-order valence-electron chi connectivity index (χ3n) is 3.99. The molecule has 0 bridgehead atoms. The van der Waals surface area contributed by atoms with Crippen LogP contribution in [0.15, 0.2) is 77.3 Å². The second-order valence-electron chi connectivity index (χ2n) is 5.45. The van der Waals surface area contributed by atoms with Gasteiger partial charge in [-0.15, -0.1) is 0 Å². The van der Waals surface area contributed by atoms with Gasteiger partial charge in [0.05, 0.1) is 11.0 Å². The third kappa shape index (κ3) is 2.32. The lowest BCUT2D eigenvalue weighted by molar-refractivity contribution is 0.640. The standard InChI is InChI=1S/C19H15BrN2/c20-16-10-4-3-9-15(16)19-21-17-11-5-6-12-18(17)22(19)13-14-7-1-2-8-14/h1-12,14H,13H2. The van der Waals surface area contributed by atoms with E-state index in [4.69, 9.17) is 4.98 Å². The van der Waals surface area contributed by atoms with Crippen molar-refractivity contribution in [1.82, 2.24) is 9.55 Å². The van der Waals surface area contributed by atoms with Crippen LogP contribution in [0.5, 0.6) is 0 Å². The molecule has 0 radical (unpaired) electrons. The fourth-order valence-corrected chi connectivity index (χ4v) is 3.38. The first kappa shape index (κ1) is 13.5. The molecule has 0 saturated carbocycles. The first-order chi connectivity index (χ1) is 10.8. The fourth-order valence-electron chi connectivity index (χ4n) is 2.92. The number of para-hydroxylation sites is 2. The molecular weight excluding hydrogens is 336 g/mol. The zero-order chi connectivity index (χ0) is 14.9. The normalized spacial score (nSPS) is 14.2. The molecule has 0 aliphatic heterocycles. The first-order valence-corrected chi connectivity index (χ1v) is 8.17. The Balaban J connectivity index is 1.91. The summed E-state index contributed by atoms with van der Waals surface area (Å²) in [5.74, 6) is 1.45. The molecule has 22 heavy (non-hydrogen) atoms. The predicted molar refractivity (Wildman–Crippen MR) is 94.6 cm³/mol. The largest absolute Gasteiger partial charge is 0.323 e. The highest BCUT2D eigenvalue weighted by atomic mass is 79.9. The maximum atomic E-state index is 4.87. The van der Waals surface area contributed by atoms with Gasteiger partial charge in [0, 0.05) is 22.5 Å². The van der Waals surface area contributed by atoms with Crippen LogP contribution < -0.4 is 0 Å². The van der Waals surface area contributed by atoms with Crippen molar-refractivity contribution in [3.8, 4) is 11.4 Å². The van der Waals surface area contributed by atoms with Gasteiger partial charge in [0.25, 0.3) is 0 Å². The van der Waals surface area contributed by atoms with Gasteiger partial charge in [0.1, 0.15) is 5.82 Å². The zero-order valence-corrected chi connectivity index (χ0v) is 13.6. The molecule has 108 valence electrons. The van der Waals surface area contributed by atoms with E-state index in [0.29, 0.717) is 5.92 Å². The van der Waals surface area contributed by atoms with Gasteiger partial charge in [-0.2, -0.15) is 0 Å². The summed E-state index contributed by atoms with van der Waals surface area (Å²) in [5.41, 5.74) is 3.35. The highest BCUT2D eigenvalue weighted by Gasteiger charge is 2.16. The van der Waals surface area contributed by atoms with Crippen molar-refractivity contribution >= 4 is 27.0 Å². The van der Waals surface area contributed by atoms with Gasteiger partial charge in [-0.3, -0.25) is 0 Å². The van der Waals surface area contributed by atoms with E-state index in [1.165, 1.54) is 5.52 Å². The summed E-state index contributed by atoms with van der Waals surface area (Å²) in [7, 11) is 0. The summed E-state index contributed by atoms with van der Waals surface area (Å²) in [6, 6.07) is 16.6. The second kappa shape index (κ2) is 5.58. The van der Waals surface area contributed by atoms with Gasteiger partial charge in [-0.1, -0.05) is 70.6 Å². The maximum absolute atomic E-state index is 4.87. The summed E-state index contributed by atoms with van der Waals surface area (Å²) in [4.78, 5) is 4.87. The van der Waals surface area contributed by atoms with Gasteiger partial charge in [-0.25, -0.2) is 4.98 Å². The highest BCUT2D eigenvalue weighted by Crippen LogP contribution is 2.31. The molecule has 0 amide bonds. The summed E-state index contributed by atoms with van der Waals surface area (Å²) in [6.07, 6.45) is 8.70. The molecule has 4 rings (SSSR count). The Bertz CT molecular complexity index is 877. The van der Waals surface area contributed by atoms with Crippen LogP contribution in [0.2, 0.25) is 0 Å². The third-order valence-corrected chi connectivity index (χ3v) is 4.68. The Labute approximate surface area is 137 Å². The van der Waals surface area contributed by atoms with Crippen LogP contribution in [-0.2, 0) is 6.54 Å². The number of hydrogen-bond donors (Lipinski definition) is 0. The van der Waals surface area contributed by atoms with E-state index < -0.39 is 0 Å². The van der Waals surface area contributed by atoms with Crippen LogP contribution in [0, 0.1) is 5.92 Å². The summed E-state index contributed by atoms with van der Waals surface area (Å²) in [6.45, 7) is 0.907. The Hall–Kier alpha value is -2.13. The Morgan fingerprint density at radius 2 is 1.68 bits per heavy atom. The average molecular weight is 351 g/mol. The van der Waals surface area contributed by atoms with Crippen molar-refractivity contribution in [2.75, 3.05) is 0 Å². The van der Waals surface area contributed by atoms with E-state index in [-0.39, 0.29) is 0 Å². The van der Waals surface area contributed by atoms with Gasteiger partial charge in [0.15, 0.2) is 0 Å². The fraction of sp³-hybridized carbons (Fsp3) is 0.105. The van der Waals surface area contributed by atoms with Gasteiger partial charge >= 0.3 is 0 Å². The number of benzene rings is 2. The number of imidazole rings is 1. The molecule has 2 nitrogen and oxygen atoms in total. The number of hydrogen-bond acceptors (Lipinski definition) is 1. The van der Waals surface area contributed by atoms with Crippen molar-refractivity contribution in [1.29, 1.82) is 0 Å². The van der Waals surface area contributed by atoms with Crippen molar-refractivity contribution in [2.24, 2.45) is 5.92 Å². The molecule has 0 unspecified atom stereocenters. The van der Waals surface area contributed by atoms with E-state index >= 15 is 0 Å². The second-order valence-corrected chi connectivity index (χ2v) is 6.30. The number of allylic oxidation sites excluding steroid dienone is 4. The lowest BCUT2D eigenvalue weighted by Gasteiger charge is -2.13. The van der Waals surface area contributed by atoms with Crippen molar-refractivity contribution < 1.29 is 0 Å². The molecule has 1 aliphatic rings. The maximum Gasteiger partial charge on any atom is 0.142 e. The number of rotatable bonds is 3. The van der Waals surface area contributed by atoms with Crippen LogP contribution in [0.4, 0.5) is 0 Å². The van der Waals surface area contributed by atoms with Crippen molar-refractivity contribution in [3.05, 3.63) is 77.3 Å². The van der Waals surface area contributed by atoms with E-state index in [1.807, 2.05) is 12.1 Å². The number of nitrogens with zero attached hydrogens (tertiary/aromatic N) is 2. The monoisotopic (exact) mass is 350 g/mol. The van der Waals surface area contributed by atoms with Crippen LogP contribution in [0.3, 0.4) is 0 Å². The SMILES string of the molecule is Brc1ccccc1-c1nc2ccccc2n1CC1C=CC=C1. The molecule has 0 fully saturated rings. The molecule has 1 aromatic heterocycles. The van der Waals surface area contributed by atoms with Crippen LogP contribution in [0.1, 0.15) is 0 Å². The van der Waals surface area contributed by atoms with Crippen LogP contribution in [-0.4, -0.2) is 9.55 Å². The minimum Gasteiger partial charge on any atom is -0.323 e. The molecule has 3 heteroatoms. The smallest absolute Gasteiger partial charge is 0.142 e. The topological polar surface area (TPSA) is 17.8 Å². The van der Waals surface area contributed by atoms with E-state index in [9.17, 15) is 0 Å². The van der Waals surface area contributed by atoms with Crippen LogP contribution in [0.25, 0.3) is 22.4 Å². The average Bonchev–Trinajstić information content (AvgIpc) is 3.17. The number of fused-ring (bicyclic) bond motifs is 1. The molecule has 1 heterocycles. The Kier molecular flexibility index (Phi) is 3.43. The zero-order valence-electron chi connectivity index (χ0n) is 12.0. The van der Waals surface area contributed by atoms with Crippen molar-refractivity contribution in [2.45, 2.75) is 6.54 Å². The molecule has 0 saturated heterocycles. The number of aromatic nitrogens is 2. The van der Waals surface area contributed by atoms with Gasteiger partial charge in [-0.05, 0) is 18.2 Å². The van der Waals surface area contributed by atoms with E-state index in [2.05, 4.69) is 81.2 Å². The lowest BCUT2D eigenvalue weighted by Crippen LogP contribution is -2.07. The molecular formula is C19H15BrN2. The van der Waals surface area contributed by atoms with E-state index in [1.54, 1.807) is 0 Å². The van der Waals surface area contributed by atoms with Crippen molar-refractivity contribution in [3.63, 3.8) is 0 Å². The van der Waals surface area contributed by atoms with E-state index in [0.717, 1.165) is 27.9 Å². The molecule has 0 spiro atoms. The molecule has 1 aliphatic carbocycles. The minimum absolute atomic E-state index is 0.429. The van der Waals surface area contributed by atoms with Gasteiger partial charge in [0.2, 0.25) is 0 Å². The first-order valence-electron chi connectivity index (χ1n) is 7.38. The summed E-state index contributed by atoms with van der Waals surface area (Å²) < 4.78 is 3.39. The Morgan fingerprint density at radius 3 is 2.50 bits per heavy atom.